The van der Waals surface area contributed by atoms with Gasteiger partial charge in [-0.05, 0) is 31.5 Å². The molecule has 0 radical (unpaired) electrons. The van der Waals surface area contributed by atoms with Crippen molar-refractivity contribution in [3.05, 3.63) is 71.8 Å². The standard InChI is InChI=1S/C19H22N2O3/c1-14(21-18(23)15-9-5-3-6-10-15)17(22)20-13-19(2,24)16-11-7-4-8-12-16/h3-12,14,24H,13H2,1-2H3,(H,20,22)(H,21,23). The van der Waals surface area contributed by atoms with Crippen molar-refractivity contribution in [1.82, 2.24) is 10.6 Å². The number of hydrogen-bond acceptors (Lipinski definition) is 3. The first-order chi connectivity index (χ1) is 11.4. The summed E-state index contributed by atoms with van der Waals surface area (Å²) in [5, 5.41) is 15.8. The van der Waals surface area contributed by atoms with Gasteiger partial charge >= 0.3 is 0 Å². The Hall–Kier alpha value is -2.66. The topological polar surface area (TPSA) is 78.4 Å². The van der Waals surface area contributed by atoms with Crippen molar-refractivity contribution in [3.63, 3.8) is 0 Å². The molecule has 0 aliphatic heterocycles. The molecule has 0 spiro atoms. The van der Waals surface area contributed by atoms with Crippen molar-refractivity contribution < 1.29 is 14.7 Å². The molecule has 3 N–H and O–H groups in total. The Labute approximate surface area is 141 Å². The first-order valence-corrected chi connectivity index (χ1v) is 7.82. The Morgan fingerprint density at radius 3 is 2.17 bits per heavy atom. The lowest BCUT2D eigenvalue weighted by atomic mass is 9.96. The van der Waals surface area contributed by atoms with E-state index in [9.17, 15) is 14.7 Å². The number of carbonyl (C=O) groups is 2. The van der Waals surface area contributed by atoms with Crippen LogP contribution in [0.3, 0.4) is 0 Å². The number of aliphatic hydroxyl groups is 1. The zero-order valence-electron chi connectivity index (χ0n) is 13.8. The minimum atomic E-state index is -1.18. The maximum absolute atomic E-state index is 12.2. The monoisotopic (exact) mass is 326 g/mol. The molecule has 2 amide bonds. The molecule has 24 heavy (non-hydrogen) atoms. The average molecular weight is 326 g/mol. The second-order valence-corrected chi connectivity index (χ2v) is 5.92. The van der Waals surface area contributed by atoms with Crippen LogP contribution in [0.15, 0.2) is 60.7 Å². The molecule has 5 nitrogen and oxygen atoms in total. The Balaban J connectivity index is 1.89. The molecule has 0 fully saturated rings. The van der Waals surface area contributed by atoms with Crippen LogP contribution in [-0.4, -0.2) is 29.5 Å². The van der Waals surface area contributed by atoms with Crippen LogP contribution in [0.25, 0.3) is 0 Å². The maximum atomic E-state index is 12.2. The van der Waals surface area contributed by atoms with Crippen LogP contribution in [0.5, 0.6) is 0 Å². The van der Waals surface area contributed by atoms with Gasteiger partial charge in [-0.15, -0.1) is 0 Å². The summed E-state index contributed by atoms with van der Waals surface area (Å²) in [7, 11) is 0. The van der Waals surface area contributed by atoms with Crippen LogP contribution in [0.2, 0.25) is 0 Å². The summed E-state index contributed by atoms with van der Waals surface area (Å²) in [4.78, 5) is 24.2. The zero-order chi connectivity index (χ0) is 17.6. The first kappa shape index (κ1) is 17.7. The van der Waals surface area contributed by atoms with Crippen LogP contribution in [-0.2, 0) is 10.4 Å². The van der Waals surface area contributed by atoms with Crippen LogP contribution >= 0.6 is 0 Å². The molecule has 2 aromatic rings. The van der Waals surface area contributed by atoms with Crippen molar-refractivity contribution in [2.45, 2.75) is 25.5 Å². The van der Waals surface area contributed by atoms with E-state index in [1.165, 1.54) is 0 Å². The molecule has 0 heterocycles. The van der Waals surface area contributed by atoms with Crippen molar-refractivity contribution in [1.29, 1.82) is 0 Å². The van der Waals surface area contributed by atoms with E-state index in [1.54, 1.807) is 50.2 Å². The fourth-order valence-electron chi connectivity index (χ4n) is 2.25. The molecule has 2 atom stereocenters. The summed E-state index contributed by atoms with van der Waals surface area (Å²) in [6.45, 7) is 3.30. The molecule has 0 aliphatic rings. The molecule has 2 aromatic carbocycles. The zero-order valence-corrected chi connectivity index (χ0v) is 13.8. The lowest BCUT2D eigenvalue weighted by Gasteiger charge is -2.25. The normalized spacial score (nSPS) is 14.3. The van der Waals surface area contributed by atoms with E-state index in [0.29, 0.717) is 11.1 Å². The second-order valence-electron chi connectivity index (χ2n) is 5.92. The third-order valence-electron chi connectivity index (χ3n) is 3.78. The van der Waals surface area contributed by atoms with Gasteiger partial charge in [0, 0.05) is 5.56 Å². The van der Waals surface area contributed by atoms with Gasteiger partial charge < -0.3 is 15.7 Å². The second kappa shape index (κ2) is 7.75. The van der Waals surface area contributed by atoms with Crippen molar-refractivity contribution in [2.24, 2.45) is 0 Å². The highest BCUT2D eigenvalue weighted by atomic mass is 16.3. The number of hydrogen-bond donors (Lipinski definition) is 3. The van der Waals surface area contributed by atoms with Gasteiger partial charge in [-0.2, -0.15) is 0 Å². The minimum absolute atomic E-state index is 0.0569. The highest BCUT2D eigenvalue weighted by Crippen LogP contribution is 2.18. The molecule has 2 rings (SSSR count). The van der Waals surface area contributed by atoms with E-state index in [2.05, 4.69) is 10.6 Å². The Bertz CT molecular complexity index is 684. The Morgan fingerprint density at radius 1 is 1.04 bits per heavy atom. The van der Waals surface area contributed by atoms with Crippen LogP contribution < -0.4 is 10.6 Å². The van der Waals surface area contributed by atoms with E-state index in [1.807, 2.05) is 24.3 Å². The SMILES string of the molecule is CC(NC(=O)c1ccccc1)C(=O)NCC(C)(O)c1ccccc1. The molecule has 0 saturated carbocycles. The highest BCUT2D eigenvalue weighted by molar-refractivity contribution is 5.97. The van der Waals surface area contributed by atoms with E-state index in [4.69, 9.17) is 0 Å². The third kappa shape index (κ3) is 4.67. The van der Waals surface area contributed by atoms with E-state index in [-0.39, 0.29) is 18.4 Å². The average Bonchev–Trinajstić information content (AvgIpc) is 2.61. The predicted molar refractivity (Wildman–Crippen MR) is 92.4 cm³/mol. The summed E-state index contributed by atoms with van der Waals surface area (Å²) in [6, 6.07) is 17.1. The van der Waals surface area contributed by atoms with Crippen molar-refractivity contribution in [3.8, 4) is 0 Å². The van der Waals surface area contributed by atoms with Gasteiger partial charge in [0.05, 0.1) is 6.54 Å². The first-order valence-electron chi connectivity index (χ1n) is 7.82. The van der Waals surface area contributed by atoms with Gasteiger partial charge in [-0.25, -0.2) is 0 Å². The molecule has 0 aliphatic carbocycles. The molecular formula is C19H22N2O3. The van der Waals surface area contributed by atoms with Gasteiger partial charge in [0.2, 0.25) is 5.91 Å². The molecule has 0 saturated heterocycles. The maximum Gasteiger partial charge on any atom is 0.251 e. The summed E-state index contributed by atoms with van der Waals surface area (Å²) in [6.07, 6.45) is 0. The highest BCUT2D eigenvalue weighted by Gasteiger charge is 2.25. The predicted octanol–water partition coefficient (Wildman–Crippen LogP) is 1.83. The lowest BCUT2D eigenvalue weighted by molar-refractivity contribution is -0.123. The van der Waals surface area contributed by atoms with Gasteiger partial charge in [0.1, 0.15) is 11.6 Å². The number of benzene rings is 2. The molecule has 0 aromatic heterocycles. The lowest BCUT2D eigenvalue weighted by Crippen LogP contribution is -2.48. The van der Waals surface area contributed by atoms with Crippen LogP contribution in [0, 0.1) is 0 Å². The summed E-state index contributed by atoms with van der Waals surface area (Å²) in [5.41, 5.74) is 0.0276. The van der Waals surface area contributed by atoms with Crippen molar-refractivity contribution in [2.75, 3.05) is 6.54 Å². The number of amides is 2. The molecule has 126 valence electrons. The third-order valence-corrected chi connectivity index (χ3v) is 3.78. The fraction of sp³-hybridized carbons (Fsp3) is 0.263. The molecular weight excluding hydrogens is 304 g/mol. The molecule has 5 heteroatoms. The van der Waals surface area contributed by atoms with Crippen LogP contribution in [0.1, 0.15) is 29.8 Å². The summed E-state index contributed by atoms with van der Waals surface area (Å²) in [5.74, 6) is -0.663. The van der Waals surface area contributed by atoms with E-state index >= 15 is 0 Å². The minimum Gasteiger partial charge on any atom is -0.384 e. The van der Waals surface area contributed by atoms with Gasteiger partial charge in [0.15, 0.2) is 0 Å². The largest absolute Gasteiger partial charge is 0.384 e. The van der Waals surface area contributed by atoms with Gasteiger partial charge in [0.25, 0.3) is 5.91 Å². The quantitative estimate of drug-likeness (QED) is 0.758. The smallest absolute Gasteiger partial charge is 0.251 e. The van der Waals surface area contributed by atoms with E-state index in [0.717, 1.165) is 0 Å². The van der Waals surface area contributed by atoms with Crippen molar-refractivity contribution >= 4 is 11.8 Å². The Morgan fingerprint density at radius 2 is 1.58 bits per heavy atom. The summed E-state index contributed by atoms with van der Waals surface area (Å²) >= 11 is 0. The number of carbonyl (C=O) groups excluding carboxylic acids is 2. The molecule has 0 bridgehead atoms. The fourth-order valence-corrected chi connectivity index (χ4v) is 2.25. The van der Waals surface area contributed by atoms with E-state index < -0.39 is 11.6 Å². The summed E-state index contributed by atoms with van der Waals surface area (Å²) < 4.78 is 0. The number of rotatable bonds is 6. The van der Waals surface area contributed by atoms with Crippen LogP contribution in [0.4, 0.5) is 0 Å². The Kier molecular flexibility index (Phi) is 5.71. The molecule has 2 unspecified atom stereocenters. The van der Waals surface area contributed by atoms with Gasteiger partial charge in [-0.1, -0.05) is 48.5 Å². The van der Waals surface area contributed by atoms with Gasteiger partial charge in [-0.3, -0.25) is 9.59 Å². The number of nitrogens with one attached hydrogen (secondary N) is 2.